The first kappa shape index (κ1) is 18.5. The summed E-state index contributed by atoms with van der Waals surface area (Å²) in [6, 6.07) is 6.66. The summed E-state index contributed by atoms with van der Waals surface area (Å²) < 4.78 is 44.7. The standard InChI is InChI=1S/C18H16BrF3O2/c1-10-6-11(2)17(12(3)7-10)24-16-8-13(18(20,21)22)4-5-14(16)15(23)9-19/h4-8H,9H2,1-3H3. The van der Waals surface area contributed by atoms with Crippen LogP contribution >= 0.6 is 15.9 Å². The van der Waals surface area contributed by atoms with Crippen LogP contribution in [0, 0.1) is 20.8 Å². The van der Waals surface area contributed by atoms with E-state index in [9.17, 15) is 18.0 Å². The zero-order chi connectivity index (χ0) is 18.1. The summed E-state index contributed by atoms with van der Waals surface area (Å²) in [6.45, 7) is 5.55. The Labute approximate surface area is 146 Å². The molecular weight excluding hydrogens is 385 g/mol. The maximum atomic E-state index is 13.0. The van der Waals surface area contributed by atoms with Crippen molar-refractivity contribution in [1.82, 2.24) is 0 Å². The minimum atomic E-state index is -4.51. The van der Waals surface area contributed by atoms with E-state index < -0.39 is 11.7 Å². The number of rotatable bonds is 4. The molecule has 2 aromatic carbocycles. The Bertz CT molecular complexity index is 759. The average Bonchev–Trinajstić information content (AvgIpc) is 2.49. The predicted molar refractivity (Wildman–Crippen MR) is 90.3 cm³/mol. The molecule has 0 atom stereocenters. The van der Waals surface area contributed by atoms with Gasteiger partial charge in [-0.2, -0.15) is 13.2 Å². The van der Waals surface area contributed by atoms with E-state index in [1.54, 1.807) is 0 Å². The van der Waals surface area contributed by atoms with Crippen LogP contribution in [0.4, 0.5) is 13.2 Å². The second-order valence-corrected chi connectivity index (χ2v) is 6.16. The molecule has 0 saturated heterocycles. The van der Waals surface area contributed by atoms with Gasteiger partial charge in [0.2, 0.25) is 0 Å². The van der Waals surface area contributed by atoms with E-state index in [1.807, 2.05) is 32.9 Å². The number of alkyl halides is 4. The van der Waals surface area contributed by atoms with Crippen molar-refractivity contribution in [2.45, 2.75) is 26.9 Å². The number of halogens is 4. The van der Waals surface area contributed by atoms with Crippen molar-refractivity contribution in [3.05, 3.63) is 58.1 Å². The molecule has 24 heavy (non-hydrogen) atoms. The molecule has 0 N–H and O–H groups in total. The third kappa shape index (κ3) is 3.98. The zero-order valence-corrected chi connectivity index (χ0v) is 15.0. The van der Waals surface area contributed by atoms with Crippen molar-refractivity contribution in [2.24, 2.45) is 0 Å². The Morgan fingerprint density at radius 2 is 1.67 bits per heavy atom. The van der Waals surface area contributed by atoms with Crippen molar-refractivity contribution >= 4 is 21.7 Å². The van der Waals surface area contributed by atoms with Gasteiger partial charge in [-0.15, -0.1) is 0 Å². The third-order valence-electron chi connectivity index (χ3n) is 3.55. The van der Waals surface area contributed by atoms with E-state index >= 15 is 0 Å². The van der Waals surface area contributed by atoms with Crippen LogP contribution in [0.15, 0.2) is 30.3 Å². The van der Waals surface area contributed by atoms with Crippen LogP contribution in [-0.2, 0) is 6.18 Å². The van der Waals surface area contributed by atoms with E-state index in [2.05, 4.69) is 15.9 Å². The number of ketones is 1. The van der Waals surface area contributed by atoms with Gasteiger partial charge in [0.15, 0.2) is 5.78 Å². The highest BCUT2D eigenvalue weighted by molar-refractivity contribution is 9.09. The predicted octanol–water partition coefficient (Wildman–Crippen LogP) is 6.00. The van der Waals surface area contributed by atoms with Crippen molar-refractivity contribution < 1.29 is 22.7 Å². The Morgan fingerprint density at radius 3 is 2.17 bits per heavy atom. The number of hydrogen-bond donors (Lipinski definition) is 0. The first-order valence-corrected chi connectivity index (χ1v) is 8.31. The summed E-state index contributed by atoms with van der Waals surface area (Å²) in [5.74, 6) is 0.0222. The van der Waals surface area contributed by atoms with Crippen LogP contribution in [0.1, 0.15) is 32.6 Å². The first-order chi connectivity index (χ1) is 11.1. The van der Waals surface area contributed by atoms with Crippen LogP contribution in [0.25, 0.3) is 0 Å². The van der Waals surface area contributed by atoms with Crippen molar-refractivity contribution in [2.75, 3.05) is 5.33 Å². The number of ether oxygens (including phenoxy) is 1. The lowest BCUT2D eigenvalue weighted by Gasteiger charge is -2.17. The zero-order valence-electron chi connectivity index (χ0n) is 13.4. The third-order valence-corrected chi connectivity index (χ3v) is 4.06. The first-order valence-electron chi connectivity index (χ1n) is 7.19. The molecule has 0 aliphatic heterocycles. The molecule has 0 amide bonds. The number of carbonyl (C=O) groups excluding carboxylic acids is 1. The molecule has 128 valence electrons. The smallest absolute Gasteiger partial charge is 0.416 e. The molecule has 2 rings (SSSR count). The van der Waals surface area contributed by atoms with Crippen LogP contribution in [0.3, 0.4) is 0 Å². The fraction of sp³-hybridized carbons (Fsp3) is 0.278. The topological polar surface area (TPSA) is 26.3 Å². The van der Waals surface area contributed by atoms with Gasteiger partial charge in [-0.25, -0.2) is 0 Å². The van der Waals surface area contributed by atoms with E-state index in [0.717, 1.165) is 34.9 Å². The summed E-state index contributed by atoms with van der Waals surface area (Å²) in [4.78, 5) is 12.0. The van der Waals surface area contributed by atoms with Crippen molar-refractivity contribution in [3.63, 3.8) is 0 Å². The van der Waals surface area contributed by atoms with Gasteiger partial charge in [-0.3, -0.25) is 4.79 Å². The van der Waals surface area contributed by atoms with Crippen LogP contribution in [-0.4, -0.2) is 11.1 Å². The van der Waals surface area contributed by atoms with Crippen LogP contribution in [0.2, 0.25) is 0 Å². The molecular formula is C18H16BrF3O2. The number of hydrogen-bond acceptors (Lipinski definition) is 2. The van der Waals surface area contributed by atoms with Gasteiger partial charge >= 0.3 is 6.18 Å². The summed E-state index contributed by atoms with van der Waals surface area (Å²) in [5.41, 5.74) is 1.87. The van der Waals surface area contributed by atoms with Gasteiger partial charge in [-0.1, -0.05) is 33.6 Å². The van der Waals surface area contributed by atoms with Gasteiger partial charge < -0.3 is 4.74 Å². The maximum absolute atomic E-state index is 13.0. The second kappa shape index (κ2) is 6.97. The monoisotopic (exact) mass is 400 g/mol. The fourth-order valence-corrected chi connectivity index (χ4v) is 2.83. The molecule has 0 spiro atoms. The minimum Gasteiger partial charge on any atom is -0.456 e. The van der Waals surface area contributed by atoms with Crippen LogP contribution in [0.5, 0.6) is 11.5 Å². The molecule has 0 aromatic heterocycles. The normalized spacial score (nSPS) is 11.5. The Hall–Kier alpha value is -1.82. The lowest BCUT2D eigenvalue weighted by atomic mass is 10.0. The van der Waals surface area contributed by atoms with Crippen LogP contribution < -0.4 is 4.74 Å². The Balaban J connectivity index is 2.57. The molecule has 0 fully saturated rings. The van der Waals surface area contributed by atoms with Crippen molar-refractivity contribution in [3.8, 4) is 11.5 Å². The highest BCUT2D eigenvalue weighted by Gasteiger charge is 2.32. The molecule has 2 nitrogen and oxygen atoms in total. The molecule has 0 saturated carbocycles. The molecule has 0 radical (unpaired) electrons. The lowest BCUT2D eigenvalue weighted by Crippen LogP contribution is -2.09. The summed E-state index contributed by atoms with van der Waals surface area (Å²) in [6.07, 6.45) is -4.51. The lowest BCUT2D eigenvalue weighted by molar-refractivity contribution is -0.137. The highest BCUT2D eigenvalue weighted by atomic mass is 79.9. The van der Waals surface area contributed by atoms with E-state index in [-0.39, 0.29) is 22.4 Å². The molecule has 0 aliphatic carbocycles. The summed E-state index contributed by atoms with van der Waals surface area (Å²) in [7, 11) is 0. The molecule has 2 aromatic rings. The van der Waals surface area contributed by atoms with Gasteiger partial charge in [0.25, 0.3) is 0 Å². The summed E-state index contributed by atoms with van der Waals surface area (Å²) in [5, 5.41) is 0.000582. The van der Waals surface area contributed by atoms with E-state index in [1.165, 1.54) is 0 Å². The maximum Gasteiger partial charge on any atom is 0.416 e. The quantitative estimate of drug-likeness (QED) is 0.464. The SMILES string of the molecule is Cc1cc(C)c(Oc2cc(C(F)(F)F)ccc2C(=O)CBr)c(C)c1. The molecule has 0 unspecified atom stereocenters. The second-order valence-electron chi connectivity index (χ2n) is 5.60. The Kier molecular flexibility index (Phi) is 5.38. The molecule has 6 heteroatoms. The minimum absolute atomic E-state index is 0.000582. The summed E-state index contributed by atoms with van der Waals surface area (Å²) >= 11 is 3.04. The van der Waals surface area contributed by atoms with Crippen molar-refractivity contribution in [1.29, 1.82) is 0 Å². The Morgan fingerprint density at radius 1 is 1.08 bits per heavy atom. The van der Waals surface area contributed by atoms with Gasteiger partial charge in [-0.05, 0) is 50.1 Å². The molecule has 0 heterocycles. The average molecular weight is 401 g/mol. The molecule has 0 bridgehead atoms. The number of carbonyl (C=O) groups is 1. The fourth-order valence-electron chi connectivity index (χ4n) is 2.52. The number of aryl methyl sites for hydroxylation is 3. The van der Waals surface area contributed by atoms with E-state index in [0.29, 0.717) is 5.75 Å². The van der Waals surface area contributed by atoms with Gasteiger partial charge in [0, 0.05) is 0 Å². The number of Topliss-reactive ketones (excluding diaryl/α,β-unsaturated/α-hetero) is 1. The number of benzene rings is 2. The largest absolute Gasteiger partial charge is 0.456 e. The van der Waals surface area contributed by atoms with Gasteiger partial charge in [0.05, 0.1) is 16.5 Å². The van der Waals surface area contributed by atoms with Gasteiger partial charge in [0.1, 0.15) is 11.5 Å². The molecule has 0 aliphatic rings. The van der Waals surface area contributed by atoms with E-state index in [4.69, 9.17) is 4.74 Å². The highest BCUT2D eigenvalue weighted by Crippen LogP contribution is 2.37.